The monoisotopic (exact) mass is 602 g/mol. The van der Waals surface area contributed by atoms with E-state index in [4.69, 9.17) is 11.6 Å². The first-order valence-corrected chi connectivity index (χ1v) is 15.6. The second-order valence-corrected chi connectivity index (χ2v) is 11.8. The lowest BCUT2D eigenvalue weighted by Gasteiger charge is -2.33. The van der Waals surface area contributed by atoms with Gasteiger partial charge in [0.05, 0.1) is 13.1 Å². The summed E-state index contributed by atoms with van der Waals surface area (Å²) in [5.74, 6) is 0.416. The number of carbonyl (C=O) groups excluding carboxylic acids is 3. The summed E-state index contributed by atoms with van der Waals surface area (Å²) in [6, 6.07) is 24.2. The first-order chi connectivity index (χ1) is 20.8. The number of nitrogens with zero attached hydrogens (tertiary/aromatic N) is 2. The molecular weight excluding hydrogens is 560 g/mol. The van der Waals surface area contributed by atoms with Gasteiger partial charge in [-0.3, -0.25) is 14.4 Å². The van der Waals surface area contributed by atoms with Crippen LogP contribution in [0, 0.1) is 13.8 Å². The van der Waals surface area contributed by atoms with Crippen LogP contribution in [-0.2, 0) is 27.5 Å². The molecule has 0 spiro atoms. The molecule has 0 aliphatic carbocycles. The first-order valence-electron chi connectivity index (χ1n) is 15.2. The molecule has 2 aliphatic heterocycles. The highest BCUT2D eigenvalue weighted by atomic mass is 35.5. The number of hydrogen-bond acceptors (Lipinski definition) is 4. The topological polar surface area (TPSA) is 81.8 Å². The quantitative estimate of drug-likeness (QED) is 0.345. The summed E-state index contributed by atoms with van der Waals surface area (Å²) >= 11 is 5.61. The van der Waals surface area contributed by atoms with E-state index in [1.165, 1.54) is 22.3 Å². The molecule has 2 N–H and O–H groups in total. The van der Waals surface area contributed by atoms with Gasteiger partial charge >= 0.3 is 0 Å². The number of likely N-dealkylation sites (tertiary alicyclic amines) is 2. The van der Waals surface area contributed by atoms with Crippen LogP contribution in [0.2, 0.25) is 5.02 Å². The van der Waals surface area contributed by atoms with Gasteiger partial charge < -0.3 is 20.4 Å². The molecule has 5 rings (SSSR count). The Labute approximate surface area is 260 Å². The fourth-order valence-corrected chi connectivity index (χ4v) is 5.72. The average molecular weight is 603 g/mol. The molecule has 3 amide bonds. The summed E-state index contributed by atoms with van der Waals surface area (Å²) in [4.78, 5) is 40.7. The Balaban J connectivity index is 0.000000458. The van der Waals surface area contributed by atoms with E-state index >= 15 is 0 Å². The molecule has 0 atom stereocenters. The standard InChI is InChI=1S/C28H36N4O3.C7H7Cl/c1-21-7-2-3-8-23(21)17-29-18-26(33)30-19-28(35)31-15-12-22(13-16-31)25-10-5-4-9-24(25)20-32-14-6-11-27(32)34;1-6-2-4-7(8)5-3-6/h2-5,7-10,22,29H,6,11-20H2,1H3,(H,30,33);2-5H,1H3. The van der Waals surface area contributed by atoms with Gasteiger partial charge in [0, 0.05) is 44.2 Å². The molecule has 0 bridgehead atoms. The molecule has 0 unspecified atom stereocenters. The fourth-order valence-electron chi connectivity index (χ4n) is 5.59. The molecule has 8 heteroatoms. The predicted octanol–water partition coefficient (Wildman–Crippen LogP) is 5.38. The lowest BCUT2D eigenvalue weighted by Crippen LogP contribution is -2.45. The number of hydrogen-bond donors (Lipinski definition) is 2. The maximum absolute atomic E-state index is 12.7. The van der Waals surface area contributed by atoms with Crippen molar-refractivity contribution >= 4 is 29.3 Å². The van der Waals surface area contributed by atoms with Gasteiger partial charge in [0.1, 0.15) is 0 Å². The normalized spacial score (nSPS) is 15.2. The summed E-state index contributed by atoms with van der Waals surface area (Å²) in [5, 5.41) is 6.69. The average Bonchev–Trinajstić information content (AvgIpc) is 3.43. The molecule has 0 radical (unpaired) electrons. The van der Waals surface area contributed by atoms with E-state index in [0.717, 1.165) is 36.4 Å². The smallest absolute Gasteiger partial charge is 0.241 e. The molecule has 43 heavy (non-hydrogen) atoms. The minimum absolute atomic E-state index is 0.0310. The lowest BCUT2D eigenvalue weighted by atomic mass is 9.86. The van der Waals surface area contributed by atoms with E-state index in [1.807, 2.05) is 78.2 Å². The largest absolute Gasteiger partial charge is 0.346 e. The molecule has 0 saturated carbocycles. The number of nitrogens with one attached hydrogen (secondary N) is 2. The zero-order valence-electron chi connectivity index (χ0n) is 25.3. The van der Waals surface area contributed by atoms with Gasteiger partial charge in [0.25, 0.3) is 0 Å². The molecule has 2 heterocycles. The summed E-state index contributed by atoms with van der Waals surface area (Å²) in [5.41, 5.74) is 6.11. The third-order valence-electron chi connectivity index (χ3n) is 8.19. The Kier molecular flexibility index (Phi) is 12.2. The number of aryl methyl sites for hydroxylation is 2. The van der Waals surface area contributed by atoms with Crippen molar-refractivity contribution in [1.82, 2.24) is 20.4 Å². The number of piperidine rings is 1. The highest BCUT2D eigenvalue weighted by Crippen LogP contribution is 2.31. The van der Waals surface area contributed by atoms with Crippen molar-refractivity contribution in [2.75, 3.05) is 32.7 Å². The second kappa shape index (κ2) is 16.2. The van der Waals surface area contributed by atoms with E-state index < -0.39 is 0 Å². The zero-order chi connectivity index (χ0) is 30.6. The Morgan fingerprint density at radius 1 is 0.860 bits per heavy atom. The summed E-state index contributed by atoms with van der Waals surface area (Å²) in [6.45, 7) is 7.80. The van der Waals surface area contributed by atoms with Crippen molar-refractivity contribution in [3.05, 3.63) is 106 Å². The lowest BCUT2D eigenvalue weighted by molar-refractivity contribution is -0.133. The van der Waals surface area contributed by atoms with Crippen LogP contribution in [0.4, 0.5) is 0 Å². The van der Waals surface area contributed by atoms with Crippen LogP contribution in [-0.4, -0.2) is 60.2 Å². The fraction of sp³-hybridized carbons (Fsp3) is 0.400. The van der Waals surface area contributed by atoms with Crippen LogP contribution in [0.1, 0.15) is 59.4 Å². The van der Waals surface area contributed by atoms with E-state index in [1.54, 1.807) is 0 Å². The number of rotatable bonds is 9. The minimum Gasteiger partial charge on any atom is -0.346 e. The molecule has 228 valence electrons. The van der Waals surface area contributed by atoms with Gasteiger partial charge in [0.2, 0.25) is 17.7 Å². The van der Waals surface area contributed by atoms with Crippen LogP contribution in [0.25, 0.3) is 0 Å². The van der Waals surface area contributed by atoms with Crippen molar-refractivity contribution in [2.24, 2.45) is 0 Å². The highest BCUT2D eigenvalue weighted by Gasteiger charge is 2.27. The third-order valence-corrected chi connectivity index (χ3v) is 8.44. The van der Waals surface area contributed by atoms with Crippen molar-refractivity contribution in [3.63, 3.8) is 0 Å². The second-order valence-electron chi connectivity index (χ2n) is 11.4. The molecule has 0 aromatic heterocycles. The van der Waals surface area contributed by atoms with E-state index in [9.17, 15) is 14.4 Å². The highest BCUT2D eigenvalue weighted by molar-refractivity contribution is 6.30. The van der Waals surface area contributed by atoms with Crippen molar-refractivity contribution in [3.8, 4) is 0 Å². The Hall–Kier alpha value is -3.68. The van der Waals surface area contributed by atoms with Gasteiger partial charge in [-0.15, -0.1) is 0 Å². The van der Waals surface area contributed by atoms with E-state index in [2.05, 4.69) is 28.8 Å². The van der Waals surface area contributed by atoms with Gasteiger partial charge in [0.15, 0.2) is 0 Å². The number of halogens is 1. The summed E-state index contributed by atoms with van der Waals surface area (Å²) < 4.78 is 0. The van der Waals surface area contributed by atoms with Crippen LogP contribution in [0.15, 0.2) is 72.8 Å². The van der Waals surface area contributed by atoms with Crippen LogP contribution >= 0.6 is 11.6 Å². The van der Waals surface area contributed by atoms with Crippen LogP contribution in [0.3, 0.4) is 0 Å². The van der Waals surface area contributed by atoms with Gasteiger partial charge in [-0.2, -0.15) is 0 Å². The van der Waals surface area contributed by atoms with Crippen molar-refractivity contribution < 1.29 is 14.4 Å². The first kappa shape index (κ1) is 32.2. The third kappa shape index (κ3) is 9.94. The van der Waals surface area contributed by atoms with Crippen LogP contribution < -0.4 is 10.6 Å². The molecular formula is C35H43ClN4O3. The maximum Gasteiger partial charge on any atom is 0.241 e. The molecule has 2 fully saturated rings. The molecule has 7 nitrogen and oxygen atoms in total. The van der Waals surface area contributed by atoms with E-state index in [-0.39, 0.29) is 30.8 Å². The predicted molar refractivity (Wildman–Crippen MR) is 172 cm³/mol. The molecule has 2 saturated heterocycles. The molecule has 2 aliphatic rings. The Morgan fingerprint density at radius 3 is 2.19 bits per heavy atom. The minimum atomic E-state index is -0.174. The van der Waals surface area contributed by atoms with Crippen LogP contribution in [0.5, 0.6) is 0 Å². The Bertz CT molecular complexity index is 1350. The van der Waals surface area contributed by atoms with Gasteiger partial charge in [-0.05, 0) is 73.4 Å². The maximum atomic E-state index is 12.7. The zero-order valence-corrected chi connectivity index (χ0v) is 26.0. The van der Waals surface area contributed by atoms with Crippen molar-refractivity contribution in [2.45, 2.75) is 58.5 Å². The Morgan fingerprint density at radius 2 is 1.53 bits per heavy atom. The summed E-state index contributed by atoms with van der Waals surface area (Å²) in [6.07, 6.45) is 3.38. The number of amides is 3. The SMILES string of the molecule is Cc1ccc(Cl)cc1.Cc1ccccc1CNCC(=O)NCC(=O)N1CCC(c2ccccc2CN2CCCC2=O)CC1. The molecule has 3 aromatic carbocycles. The number of benzene rings is 3. The van der Waals surface area contributed by atoms with Gasteiger partial charge in [-0.25, -0.2) is 0 Å². The summed E-state index contributed by atoms with van der Waals surface area (Å²) in [7, 11) is 0. The molecule has 3 aromatic rings. The van der Waals surface area contributed by atoms with Gasteiger partial charge in [-0.1, -0.05) is 77.8 Å². The van der Waals surface area contributed by atoms with Crippen molar-refractivity contribution in [1.29, 1.82) is 0 Å². The van der Waals surface area contributed by atoms with E-state index in [0.29, 0.717) is 38.5 Å². The number of carbonyl (C=O) groups is 3.